The Kier molecular flexibility index (Phi) is 8.56. The van der Waals surface area contributed by atoms with Crippen LogP contribution < -0.4 is 4.74 Å². The molecule has 1 aromatic carbocycles. The Morgan fingerprint density at radius 1 is 0.897 bits per heavy atom. The molecule has 3 rings (SSSR count). The number of ether oxygens (including phenoxy) is 1. The number of rotatable bonds is 8. The van der Waals surface area contributed by atoms with Crippen LogP contribution in [0.15, 0.2) is 24.3 Å². The number of hydrogen-bond acceptors (Lipinski definition) is 1. The Hall–Kier alpha value is -1.38. The van der Waals surface area contributed by atoms with E-state index >= 15 is 0 Å². The van der Waals surface area contributed by atoms with Gasteiger partial charge in [-0.15, -0.1) is 0 Å². The zero-order valence-electron chi connectivity index (χ0n) is 18.3. The first-order valence-electron chi connectivity index (χ1n) is 11.9. The lowest BCUT2D eigenvalue weighted by Gasteiger charge is -2.37. The third-order valence-corrected chi connectivity index (χ3v) is 7.27. The quantitative estimate of drug-likeness (QED) is 0.400. The number of benzene rings is 1. The molecule has 0 radical (unpaired) electrons. The summed E-state index contributed by atoms with van der Waals surface area (Å²) in [6.45, 7) is 4.33. The molecule has 2 fully saturated rings. The van der Waals surface area contributed by atoms with Gasteiger partial charge in [0.15, 0.2) is 11.6 Å². The number of aryl methyl sites for hydroxylation is 1. The summed E-state index contributed by atoms with van der Waals surface area (Å²) >= 11 is 0. The molecule has 0 bridgehead atoms. The third-order valence-electron chi connectivity index (χ3n) is 7.27. The highest BCUT2D eigenvalue weighted by Gasteiger charge is 2.30. The van der Waals surface area contributed by atoms with Gasteiger partial charge in [-0.2, -0.15) is 4.39 Å². The fourth-order valence-electron chi connectivity index (χ4n) is 5.48. The zero-order valence-corrected chi connectivity index (χ0v) is 18.3. The summed E-state index contributed by atoms with van der Waals surface area (Å²) in [4.78, 5) is 0. The highest BCUT2D eigenvalue weighted by Crippen LogP contribution is 2.42. The van der Waals surface area contributed by atoms with Crippen molar-refractivity contribution in [2.45, 2.75) is 84.5 Å². The van der Waals surface area contributed by atoms with Crippen molar-refractivity contribution in [3.63, 3.8) is 0 Å². The summed E-state index contributed by atoms with van der Waals surface area (Å²) < 4.78 is 33.5. The van der Waals surface area contributed by atoms with Crippen LogP contribution >= 0.6 is 0 Å². The first-order valence-corrected chi connectivity index (χ1v) is 11.9. The summed E-state index contributed by atoms with van der Waals surface area (Å²) in [6.07, 6.45) is 18.2. The van der Waals surface area contributed by atoms with Gasteiger partial charge in [-0.1, -0.05) is 38.0 Å². The molecule has 29 heavy (non-hydrogen) atoms. The van der Waals surface area contributed by atoms with E-state index in [4.69, 9.17) is 4.74 Å². The molecule has 1 nitrogen and oxygen atoms in total. The minimum Gasteiger partial charge on any atom is -0.491 e. The SMILES string of the molecule is CC/C=C/C1CCC(C2CCC(CCc3ccc(OCC)c(F)c3F)CC2)CC1. The second-order valence-electron chi connectivity index (χ2n) is 9.11. The van der Waals surface area contributed by atoms with Crippen LogP contribution in [0.3, 0.4) is 0 Å². The van der Waals surface area contributed by atoms with Crippen molar-refractivity contribution < 1.29 is 13.5 Å². The smallest absolute Gasteiger partial charge is 0.200 e. The van der Waals surface area contributed by atoms with Crippen LogP contribution in [0.1, 0.15) is 83.6 Å². The Balaban J connectivity index is 1.42. The minimum atomic E-state index is -0.836. The average Bonchev–Trinajstić information content (AvgIpc) is 2.76. The van der Waals surface area contributed by atoms with Gasteiger partial charge in [-0.05, 0) is 100 Å². The monoisotopic (exact) mass is 404 g/mol. The van der Waals surface area contributed by atoms with E-state index in [0.717, 1.165) is 30.6 Å². The van der Waals surface area contributed by atoms with Crippen LogP contribution in [0.25, 0.3) is 0 Å². The first-order chi connectivity index (χ1) is 14.1. The highest BCUT2D eigenvalue weighted by atomic mass is 19.2. The normalized spacial score (nSPS) is 28.0. The predicted molar refractivity (Wildman–Crippen MR) is 116 cm³/mol. The topological polar surface area (TPSA) is 9.23 Å². The van der Waals surface area contributed by atoms with Crippen molar-refractivity contribution in [2.24, 2.45) is 23.7 Å². The molecule has 0 unspecified atom stereocenters. The first kappa shape index (κ1) is 22.3. The van der Waals surface area contributed by atoms with Gasteiger partial charge in [-0.3, -0.25) is 0 Å². The molecule has 0 heterocycles. The van der Waals surface area contributed by atoms with Crippen molar-refractivity contribution in [1.82, 2.24) is 0 Å². The van der Waals surface area contributed by atoms with E-state index in [2.05, 4.69) is 19.1 Å². The molecule has 0 atom stereocenters. The van der Waals surface area contributed by atoms with Gasteiger partial charge in [-0.25, -0.2) is 4.39 Å². The van der Waals surface area contributed by atoms with Gasteiger partial charge in [0.1, 0.15) is 0 Å². The molecular weight excluding hydrogens is 366 g/mol. The number of halogens is 2. The Morgan fingerprint density at radius 2 is 1.55 bits per heavy atom. The number of hydrogen-bond donors (Lipinski definition) is 0. The lowest BCUT2D eigenvalue weighted by molar-refractivity contribution is 0.152. The molecular formula is C26H38F2O. The van der Waals surface area contributed by atoms with Crippen LogP contribution in [0.4, 0.5) is 8.78 Å². The minimum absolute atomic E-state index is 0.0224. The van der Waals surface area contributed by atoms with Gasteiger partial charge in [0.2, 0.25) is 5.82 Å². The molecule has 1 aromatic rings. The van der Waals surface area contributed by atoms with E-state index in [1.165, 1.54) is 51.4 Å². The van der Waals surface area contributed by atoms with E-state index in [9.17, 15) is 8.78 Å². The van der Waals surface area contributed by atoms with E-state index in [0.29, 0.717) is 24.5 Å². The van der Waals surface area contributed by atoms with E-state index in [-0.39, 0.29) is 5.75 Å². The molecule has 162 valence electrons. The van der Waals surface area contributed by atoms with E-state index < -0.39 is 11.6 Å². The summed E-state index contributed by atoms with van der Waals surface area (Å²) in [5.74, 6) is 1.74. The Morgan fingerprint density at radius 3 is 2.17 bits per heavy atom. The molecule has 2 aliphatic rings. The van der Waals surface area contributed by atoms with Crippen molar-refractivity contribution in [2.75, 3.05) is 6.61 Å². The van der Waals surface area contributed by atoms with Gasteiger partial charge in [0, 0.05) is 0 Å². The Labute approximate surface area is 175 Å². The molecule has 0 spiro atoms. The van der Waals surface area contributed by atoms with Gasteiger partial charge >= 0.3 is 0 Å². The summed E-state index contributed by atoms with van der Waals surface area (Å²) in [7, 11) is 0. The summed E-state index contributed by atoms with van der Waals surface area (Å²) in [5, 5.41) is 0. The molecule has 0 aromatic heterocycles. The standard InChI is InChI=1S/C26H38F2O/c1-3-5-6-19-7-12-21(13-8-19)22-14-9-20(10-15-22)11-16-23-17-18-24(29-4-2)26(28)25(23)27/h5-6,17-22H,3-4,7-16H2,1-2H3/b6-5+. The molecule has 2 aliphatic carbocycles. The van der Waals surface area contributed by atoms with E-state index in [1.54, 1.807) is 19.1 Å². The van der Waals surface area contributed by atoms with E-state index in [1.807, 2.05) is 0 Å². The second kappa shape index (κ2) is 11.1. The highest BCUT2D eigenvalue weighted by molar-refractivity contribution is 5.31. The van der Waals surface area contributed by atoms with Crippen LogP contribution in [-0.4, -0.2) is 6.61 Å². The van der Waals surface area contributed by atoms with Crippen LogP contribution in [0.5, 0.6) is 5.75 Å². The predicted octanol–water partition coefficient (Wildman–Crippen LogP) is 7.88. The average molecular weight is 405 g/mol. The van der Waals surface area contributed by atoms with Crippen LogP contribution in [-0.2, 0) is 6.42 Å². The second-order valence-corrected chi connectivity index (χ2v) is 9.11. The molecule has 0 saturated heterocycles. The van der Waals surface area contributed by atoms with Crippen molar-refractivity contribution in [3.8, 4) is 5.75 Å². The van der Waals surface area contributed by atoms with Crippen LogP contribution in [0.2, 0.25) is 0 Å². The van der Waals surface area contributed by atoms with Crippen molar-refractivity contribution in [3.05, 3.63) is 41.5 Å². The maximum Gasteiger partial charge on any atom is 0.200 e. The molecule has 0 aliphatic heterocycles. The van der Waals surface area contributed by atoms with Crippen molar-refractivity contribution in [1.29, 1.82) is 0 Å². The third kappa shape index (κ3) is 6.06. The van der Waals surface area contributed by atoms with Crippen molar-refractivity contribution >= 4 is 0 Å². The fraction of sp³-hybridized carbons (Fsp3) is 0.692. The van der Waals surface area contributed by atoms with Gasteiger partial charge in [0.25, 0.3) is 0 Å². The Bertz CT molecular complexity index is 653. The lowest BCUT2D eigenvalue weighted by atomic mass is 9.68. The molecule has 0 N–H and O–H groups in total. The maximum absolute atomic E-state index is 14.3. The number of allylic oxidation sites excluding steroid dienone is 2. The molecule has 0 amide bonds. The maximum atomic E-state index is 14.3. The summed E-state index contributed by atoms with van der Waals surface area (Å²) in [6, 6.07) is 3.26. The lowest BCUT2D eigenvalue weighted by Crippen LogP contribution is -2.25. The zero-order chi connectivity index (χ0) is 20.6. The fourth-order valence-corrected chi connectivity index (χ4v) is 5.48. The summed E-state index contributed by atoms with van der Waals surface area (Å²) in [5.41, 5.74) is 0.492. The molecule has 2 saturated carbocycles. The van der Waals surface area contributed by atoms with Crippen LogP contribution in [0, 0.1) is 35.3 Å². The molecule has 3 heteroatoms. The van der Waals surface area contributed by atoms with Gasteiger partial charge in [0.05, 0.1) is 6.61 Å². The van der Waals surface area contributed by atoms with Gasteiger partial charge < -0.3 is 4.74 Å². The largest absolute Gasteiger partial charge is 0.491 e.